The summed E-state index contributed by atoms with van der Waals surface area (Å²) in [5.41, 5.74) is 6.52. The van der Waals surface area contributed by atoms with Crippen molar-refractivity contribution in [3.8, 4) is 0 Å². The average molecular weight is 275 g/mol. The fraction of sp³-hybridized carbons (Fsp3) is 0.417. The predicted molar refractivity (Wildman–Crippen MR) is 67.6 cm³/mol. The molecule has 0 heterocycles. The SMILES string of the molecule is CC(C(=O)Nc1ccc(N)cc1)N(C)CC(F)(F)F. The van der Waals surface area contributed by atoms with Crippen LogP contribution in [-0.2, 0) is 4.79 Å². The van der Waals surface area contributed by atoms with E-state index >= 15 is 0 Å². The van der Waals surface area contributed by atoms with Crippen molar-refractivity contribution in [2.75, 3.05) is 24.6 Å². The Labute approximate surface area is 109 Å². The Morgan fingerprint density at radius 3 is 2.37 bits per heavy atom. The molecule has 106 valence electrons. The first-order chi connectivity index (χ1) is 8.69. The number of carbonyl (C=O) groups is 1. The van der Waals surface area contributed by atoms with Gasteiger partial charge in [0.25, 0.3) is 0 Å². The smallest absolute Gasteiger partial charge is 0.399 e. The maximum absolute atomic E-state index is 12.2. The van der Waals surface area contributed by atoms with Crippen molar-refractivity contribution in [1.82, 2.24) is 4.90 Å². The van der Waals surface area contributed by atoms with E-state index in [0.29, 0.717) is 11.4 Å². The van der Waals surface area contributed by atoms with Crippen LogP contribution in [0.15, 0.2) is 24.3 Å². The van der Waals surface area contributed by atoms with Gasteiger partial charge in [0, 0.05) is 11.4 Å². The summed E-state index contributed by atoms with van der Waals surface area (Å²) < 4.78 is 36.6. The summed E-state index contributed by atoms with van der Waals surface area (Å²) in [6.45, 7) is 0.279. The third-order valence-corrected chi connectivity index (χ3v) is 2.65. The quantitative estimate of drug-likeness (QED) is 0.827. The van der Waals surface area contributed by atoms with Crippen molar-refractivity contribution in [1.29, 1.82) is 0 Å². The van der Waals surface area contributed by atoms with Crippen molar-refractivity contribution in [3.05, 3.63) is 24.3 Å². The molecule has 1 amide bonds. The van der Waals surface area contributed by atoms with Gasteiger partial charge in [0.15, 0.2) is 0 Å². The number of alkyl halides is 3. The third kappa shape index (κ3) is 5.17. The van der Waals surface area contributed by atoms with Gasteiger partial charge in [-0.15, -0.1) is 0 Å². The van der Waals surface area contributed by atoms with E-state index in [1.54, 1.807) is 24.3 Å². The van der Waals surface area contributed by atoms with Gasteiger partial charge in [0.05, 0.1) is 12.6 Å². The van der Waals surface area contributed by atoms with Crippen LogP contribution in [0.5, 0.6) is 0 Å². The number of amides is 1. The predicted octanol–water partition coefficient (Wildman–Crippen LogP) is 2.09. The highest BCUT2D eigenvalue weighted by Crippen LogP contribution is 2.17. The van der Waals surface area contributed by atoms with Crippen molar-refractivity contribution >= 4 is 17.3 Å². The fourth-order valence-electron chi connectivity index (χ4n) is 1.43. The monoisotopic (exact) mass is 275 g/mol. The van der Waals surface area contributed by atoms with E-state index in [0.717, 1.165) is 4.90 Å². The molecular weight excluding hydrogens is 259 g/mol. The number of anilines is 2. The van der Waals surface area contributed by atoms with E-state index in [-0.39, 0.29) is 0 Å². The lowest BCUT2D eigenvalue weighted by Gasteiger charge is -2.24. The van der Waals surface area contributed by atoms with E-state index in [1.807, 2.05) is 0 Å². The molecule has 1 unspecified atom stereocenters. The Balaban J connectivity index is 2.59. The molecule has 1 rings (SSSR count). The van der Waals surface area contributed by atoms with Gasteiger partial charge in [-0.1, -0.05) is 0 Å². The van der Waals surface area contributed by atoms with E-state index < -0.39 is 24.7 Å². The molecule has 0 aromatic heterocycles. The largest absolute Gasteiger partial charge is 0.401 e. The zero-order valence-electron chi connectivity index (χ0n) is 10.7. The summed E-state index contributed by atoms with van der Waals surface area (Å²) in [5.74, 6) is -0.503. The minimum Gasteiger partial charge on any atom is -0.399 e. The molecule has 1 atom stereocenters. The van der Waals surface area contributed by atoms with Crippen LogP contribution in [0.25, 0.3) is 0 Å². The number of hydrogen-bond donors (Lipinski definition) is 2. The normalized spacial score (nSPS) is 13.4. The second kappa shape index (κ2) is 5.92. The molecule has 0 aliphatic rings. The van der Waals surface area contributed by atoms with Crippen LogP contribution in [0.3, 0.4) is 0 Å². The van der Waals surface area contributed by atoms with Gasteiger partial charge in [-0.05, 0) is 38.2 Å². The van der Waals surface area contributed by atoms with Crippen molar-refractivity contribution in [2.24, 2.45) is 0 Å². The summed E-state index contributed by atoms with van der Waals surface area (Å²) in [7, 11) is 1.25. The van der Waals surface area contributed by atoms with Crippen molar-refractivity contribution < 1.29 is 18.0 Å². The molecular formula is C12H16F3N3O. The molecule has 4 nitrogen and oxygen atoms in total. The lowest BCUT2D eigenvalue weighted by molar-refractivity contribution is -0.149. The highest BCUT2D eigenvalue weighted by molar-refractivity contribution is 5.94. The molecule has 3 N–H and O–H groups in total. The molecule has 1 aromatic rings. The molecule has 7 heteroatoms. The molecule has 1 aromatic carbocycles. The van der Waals surface area contributed by atoms with Crippen LogP contribution >= 0.6 is 0 Å². The minimum atomic E-state index is -4.33. The summed E-state index contributed by atoms with van der Waals surface area (Å²) >= 11 is 0. The lowest BCUT2D eigenvalue weighted by atomic mass is 10.2. The zero-order chi connectivity index (χ0) is 14.6. The van der Waals surface area contributed by atoms with Crippen molar-refractivity contribution in [2.45, 2.75) is 19.1 Å². The molecule has 0 saturated heterocycles. The van der Waals surface area contributed by atoms with E-state index in [1.165, 1.54) is 14.0 Å². The number of rotatable bonds is 4. The van der Waals surface area contributed by atoms with Crippen LogP contribution in [0.1, 0.15) is 6.92 Å². The van der Waals surface area contributed by atoms with E-state index in [4.69, 9.17) is 5.73 Å². The van der Waals surface area contributed by atoms with Gasteiger partial charge in [0.2, 0.25) is 5.91 Å². The molecule has 0 radical (unpaired) electrons. The molecule has 0 fully saturated rings. The maximum Gasteiger partial charge on any atom is 0.401 e. The molecule has 0 aliphatic heterocycles. The minimum absolute atomic E-state index is 0.492. The van der Waals surface area contributed by atoms with E-state index in [2.05, 4.69) is 5.32 Å². The number of nitrogens with one attached hydrogen (secondary N) is 1. The number of halogens is 3. The maximum atomic E-state index is 12.2. The average Bonchev–Trinajstić information content (AvgIpc) is 2.28. The Kier molecular flexibility index (Phi) is 4.77. The Hall–Kier alpha value is -1.76. The van der Waals surface area contributed by atoms with Gasteiger partial charge in [-0.3, -0.25) is 9.69 Å². The van der Waals surface area contributed by atoms with Crippen LogP contribution in [0.2, 0.25) is 0 Å². The standard InChI is InChI=1S/C12H16F3N3O/c1-8(18(2)7-12(13,14)15)11(19)17-10-5-3-9(16)4-6-10/h3-6,8H,7,16H2,1-2H3,(H,17,19). The number of nitrogens with zero attached hydrogens (tertiary/aromatic N) is 1. The summed E-state index contributed by atoms with van der Waals surface area (Å²) in [6, 6.07) is 5.48. The van der Waals surface area contributed by atoms with Crippen molar-refractivity contribution in [3.63, 3.8) is 0 Å². The topological polar surface area (TPSA) is 58.4 Å². The molecule has 0 saturated carbocycles. The number of nitrogens with two attached hydrogens (primary N) is 1. The molecule has 0 spiro atoms. The number of hydrogen-bond acceptors (Lipinski definition) is 3. The fourth-order valence-corrected chi connectivity index (χ4v) is 1.43. The van der Waals surface area contributed by atoms with Gasteiger partial charge in [-0.2, -0.15) is 13.2 Å². The molecule has 0 bridgehead atoms. The third-order valence-electron chi connectivity index (χ3n) is 2.65. The van der Waals surface area contributed by atoms with Gasteiger partial charge >= 0.3 is 6.18 Å². The summed E-state index contributed by atoms with van der Waals surface area (Å²) in [6.07, 6.45) is -4.33. The van der Waals surface area contributed by atoms with Gasteiger partial charge in [-0.25, -0.2) is 0 Å². The molecule has 19 heavy (non-hydrogen) atoms. The first kappa shape index (κ1) is 15.3. The second-order valence-electron chi connectivity index (χ2n) is 4.32. The Morgan fingerprint density at radius 2 is 1.89 bits per heavy atom. The Morgan fingerprint density at radius 1 is 1.37 bits per heavy atom. The van der Waals surface area contributed by atoms with Crippen LogP contribution < -0.4 is 11.1 Å². The van der Waals surface area contributed by atoms with Crippen LogP contribution in [-0.4, -0.2) is 36.6 Å². The van der Waals surface area contributed by atoms with Gasteiger partial charge in [0.1, 0.15) is 0 Å². The number of likely N-dealkylation sites (N-methyl/N-ethyl adjacent to an activating group) is 1. The highest BCUT2D eigenvalue weighted by Gasteiger charge is 2.32. The molecule has 0 aliphatic carbocycles. The second-order valence-corrected chi connectivity index (χ2v) is 4.32. The number of benzene rings is 1. The Bertz CT molecular complexity index is 431. The van der Waals surface area contributed by atoms with Gasteiger partial charge < -0.3 is 11.1 Å². The highest BCUT2D eigenvalue weighted by atomic mass is 19.4. The number of carbonyl (C=O) groups excluding carboxylic acids is 1. The lowest BCUT2D eigenvalue weighted by Crippen LogP contribution is -2.44. The number of nitrogen functional groups attached to an aromatic ring is 1. The summed E-state index contributed by atoms with van der Waals surface area (Å²) in [5, 5.41) is 2.53. The van der Waals surface area contributed by atoms with Crippen LogP contribution in [0.4, 0.5) is 24.5 Å². The first-order valence-corrected chi connectivity index (χ1v) is 5.62. The first-order valence-electron chi connectivity index (χ1n) is 5.62. The zero-order valence-corrected chi connectivity index (χ0v) is 10.7. The van der Waals surface area contributed by atoms with E-state index in [9.17, 15) is 18.0 Å². The summed E-state index contributed by atoms with van der Waals surface area (Å²) in [4.78, 5) is 12.7. The van der Waals surface area contributed by atoms with Crippen LogP contribution in [0, 0.1) is 0 Å².